The van der Waals surface area contributed by atoms with E-state index in [1.54, 1.807) is 6.92 Å². The fraction of sp³-hybridized carbons (Fsp3) is 0.556. The number of carbonyl (C=O) groups is 2. The van der Waals surface area contributed by atoms with Crippen molar-refractivity contribution in [2.45, 2.75) is 57.5 Å². The monoisotopic (exact) mass is 318 g/mol. The van der Waals surface area contributed by atoms with E-state index < -0.39 is 12.0 Å². The van der Waals surface area contributed by atoms with Gasteiger partial charge in [-0.15, -0.1) is 0 Å². The molecule has 1 aromatic rings. The first-order chi connectivity index (χ1) is 11.2. The average Bonchev–Trinajstić information content (AvgIpc) is 2.56. The molecule has 1 fully saturated rings. The highest BCUT2D eigenvalue weighted by molar-refractivity contribution is 5.84. The van der Waals surface area contributed by atoms with Gasteiger partial charge in [0.2, 0.25) is 0 Å². The predicted molar refractivity (Wildman–Crippen MR) is 89.1 cm³/mol. The summed E-state index contributed by atoms with van der Waals surface area (Å²) in [6.45, 7) is 2.07. The van der Waals surface area contributed by atoms with Gasteiger partial charge in [-0.05, 0) is 25.3 Å². The third kappa shape index (κ3) is 5.93. The summed E-state index contributed by atoms with van der Waals surface area (Å²) in [7, 11) is 0. The van der Waals surface area contributed by atoms with Crippen molar-refractivity contribution in [1.29, 1.82) is 0 Å². The van der Waals surface area contributed by atoms with Crippen LogP contribution in [0.25, 0.3) is 0 Å². The molecule has 5 heteroatoms. The zero-order valence-corrected chi connectivity index (χ0v) is 13.7. The lowest BCUT2D eigenvalue weighted by molar-refractivity contribution is -0.145. The minimum atomic E-state index is -0.666. The molecule has 1 unspecified atom stereocenters. The van der Waals surface area contributed by atoms with Crippen LogP contribution in [0.2, 0.25) is 0 Å². The Balaban J connectivity index is 1.93. The Bertz CT molecular complexity index is 498. The van der Waals surface area contributed by atoms with Gasteiger partial charge in [0.25, 0.3) is 0 Å². The maximum atomic E-state index is 12.2. The van der Waals surface area contributed by atoms with Crippen molar-refractivity contribution >= 4 is 12.0 Å². The summed E-state index contributed by atoms with van der Waals surface area (Å²) in [5.74, 6) is -0.393. The summed E-state index contributed by atoms with van der Waals surface area (Å²) in [6.07, 6.45) is 5.98. The summed E-state index contributed by atoms with van der Waals surface area (Å²) in [5.41, 5.74) is 0.989. The van der Waals surface area contributed by atoms with Crippen LogP contribution in [0, 0.1) is 0 Å². The molecule has 2 N–H and O–H groups in total. The second-order valence-corrected chi connectivity index (χ2v) is 5.95. The smallest absolute Gasteiger partial charge is 0.329 e. The van der Waals surface area contributed by atoms with E-state index in [0.717, 1.165) is 31.2 Å². The Morgan fingerprint density at radius 3 is 2.52 bits per heavy atom. The number of hydrogen-bond acceptors (Lipinski definition) is 3. The van der Waals surface area contributed by atoms with Crippen LogP contribution in [0.5, 0.6) is 0 Å². The van der Waals surface area contributed by atoms with Crippen molar-refractivity contribution < 1.29 is 14.3 Å². The molecule has 1 aliphatic carbocycles. The molecular formula is C18H26N2O3. The molecule has 0 aliphatic heterocycles. The number of ether oxygens (including phenoxy) is 1. The first kappa shape index (κ1) is 17.3. The molecule has 0 heterocycles. The van der Waals surface area contributed by atoms with Gasteiger partial charge in [0.05, 0.1) is 6.61 Å². The molecule has 0 aromatic heterocycles. The van der Waals surface area contributed by atoms with E-state index in [4.69, 9.17) is 4.74 Å². The van der Waals surface area contributed by atoms with Gasteiger partial charge in [-0.3, -0.25) is 0 Å². The van der Waals surface area contributed by atoms with Crippen LogP contribution in [-0.2, 0) is 16.0 Å². The highest BCUT2D eigenvalue weighted by Crippen LogP contribution is 2.17. The number of benzene rings is 1. The Morgan fingerprint density at radius 1 is 1.17 bits per heavy atom. The molecule has 0 spiro atoms. The van der Waals surface area contributed by atoms with Crippen LogP contribution in [0.4, 0.5) is 4.79 Å². The van der Waals surface area contributed by atoms with Crippen LogP contribution in [0.1, 0.15) is 44.6 Å². The minimum Gasteiger partial charge on any atom is -0.464 e. The summed E-state index contributed by atoms with van der Waals surface area (Å²) >= 11 is 0. The van der Waals surface area contributed by atoms with Gasteiger partial charge in [-0.25, -0.2) is 9.59 Å². The topological polar surface area (TPSA) is 67.4 Å². The number of hydrogen-bond donors (Lipinski definition) is 2. The van der Waals surface area contributed by atoms with Crippen molar-refractivity contribution in [3.8, 4) is 0 Å². The first-order valence-electron chi connectivity index (χ1n) is 8.46. The number of carbonyl (C=O) groups excluding carboxylic acids is 2. The Morgan fingerprint density at radius 2 is 1.87 bits per heavy atom. The highest BCUT2D eigenvalue weighted by Gasteiger charge is 2.24. The van der Waals surface area contributed by atoms with Crippen molar-refractivity contribution in [2.75, 3.05) is 6.61 Å². The number of nitrogens with one attached hydrogen (secondary N) is 2. The molecule has 2 amide bonds. The molecule has 2 rings (SSSR count). The van der Waals surface area contributed by atoms with Gasteiger partial charge < -0.3 is 15.4 Å². The zero-order valence-electron chi connectivity index (χ0n) is 13.7. The lowest BCUT2D eigenvalue weighted by Crippen LogP contribution is -2.50. The van der Waals surface area contributed by atoms with Crippen LogP contribution >= 0.6 is 0 Å². The standard InChI is InChI=1S/C18H26N2O3/c1-2-23-17(21)16(13-14-9-5-3-6-10-14)20-18(22)19-15-11-7-4-8-12-15/h3,5-6,9-10,15-16H,2,4,7-8,11-13H2,1H3,(H2,19,20,22). The molecule has 1 atom stereocenters. The summed E-state index contributed by atoms with van der Waals surface area (Å²) in [6, 6.07) is 8.89. The van der Waals surface area contributed by atoms with Crippen LogP contribution in [0.3, 0.4) is 0 Å². The van der Waals surface area contributed by atoms with Crippen LogP contribution in [0.15, 0.2) is 30.3 Å². The molecule has 1 aliphatic rings. The lowest BCUT2D eigenvalue weighted by Gasteiger charge is -2.24. The van der Waals surface area contributed by atoms with Gasteiger partial charge in [0.1, 0.15) is 6.04 Å². The third-order valence-electron chi connectivity index (χ3n) is 4.10. The molecular weight excluding hydrogens is 292 g/mol. The molecule has 126 valence electrons. The van der Waals surface area contributed by atoms with Gasteiger partial charge in [-0.1, -0.05) is 49.6 Å². The van der Waals surface area contributed by atoms with Crippen molar-refractivity contribution in [3.05, 3.63) is 35.9 Å². The van der Waals surface area contributed by atoms with E-state index in [-0.39, 0.29) is 12.1 Å². The minimum absolute atomic E-state index is 0.211. The van der Waals surface area contributed by atoms with E-state index in [1.807, 2.05) is 30.3 Å². The Hall–Kier alpha value is -2.04. The summed E-state index contributed by atoms with van der Waals surface area (Å²) < 4.78 is 5.09. The fourth-order valence-corrected chi connectivity index (χ4v) is 2.92. The summed E-state index contributed by atoms with van der Waals surface area (Å²) in [5, 5.41) is 5.75. The summed E-state index contributed by atoms with van der Waals surface area (Å²) in [4.78, 5) is 24.3. The van der Waals surface area contributed by atoms with E-state index in [2.05, 4.69) is 10.6 Å². The lowest BCUT2D eigenvalue weighted by atomic mass is 9.96. The first-order valence-corrected chi connectivity index (χ1v) is 8.46. The number of urea groups is 1. The molecule has 0 radical (unpaired) electrons. The zero-order chi connectivity index (χ0) is 16.5. The Labute approximate surface area is 137 Å². The van der Waals surface area contributed by atoms with E-state index in [1.165, 1.54) is 6.42 Å². The van der Waals surface area contributed by atoms with Crippen molar-refractivity contribution in [3.63, 3.8) is 0 Å². The quantitative estimate of drug-likeness (QED) is 0.793. The van der Waals surface area contributed by atoms with Crippen molar-refractivity contribution in [2.24, 2.45) is 0 Å². The molecule has 1 saturated carbocycles. The largest absolute Gasteiger partial charge is 0.464 e. The average molecular weight is 318 g/mol. The maximum absolute atomic E-state index is 12.2. The van der Waals surface area contributed by atoms with Gasteiger partial charge in [0, 0.05) is 12.5 Å². The van der Waals surface area contributed by atoms with Crippen molar-refractivity contribution in [1.82, 2.24) is 10.6 Å². The van der Waals surface area contributed by atoms with Gasteiger partial charge in [0.15, 0.2) is 0 Å². The molecule has 0 saturated heterocycles. The second kappa shape index (κ2) is 9.18. The van der Waals surface area contributed by atoms with Crippen LogP contribution in [-0.4, -0.2) is 30.7 Å². The predicted octanol–water partition coefficient (Wildman–Crippen LogP) is 2.79. The molecule has 23 heavy (non-hydrogen) atoms. The van der Waals surface area contributed by atoms with Gasteiger partial charge in [-0.2, -0.15) is 0 Å². The highest BCUT2D eigenvalue weighted by atomic mass is 16.5. The number of esters is 1. The fourth-order valence-electron chi connectivity index (χ4n) is 2.92. The number of rotatable bonds is 6. The molecule has 5 nitrogen and oxygen atoms in total. The number of amides is 2. The van der Waals surface area contributed by atoms with E-state index >= 15 is 0 Å². The Kier molecular flexibility index (Phi) is 6.91. The molecule has 1 aromatic carbocycles. The maximum Gasteiger partial charge on any atom is 0.329 e. The molecule has 0 bridgehead atoms. The SMILES string of the molecule is CCOC(=O)C(Cc1ccccc1)NC(=O)NC1CCCCC1. The van der Waals surface area contributed by atoms with Gasteiger partial charge >= 0.3 is 12.0 Å². The van der Waals surface area contributed by atoms with E-state index in [9.17, 15) is 9.59 Å². The third-order valence-corrected chi connectivity index (χ3v) is 4.10. The van der Waals surface area contributed by atoms with Crippen LogP contribution < -0.4 is 10.6 Å². The second-order valence-electron chi connectivity index (χ2n) is 5.95. The normalized spacial score (nSPS) is 16.4. The van der Waals surface area contributed by atoms with E-state index in [0.29, 0.717) is 13.0 Å².